The summed E-state index contributed by atoms with van der Waals surface area (Å²) in [6, 6.07) is 8.25. The number of carbonyl (C=O) groups is 1. The fourth-order valence-corrected chi connectivity index (χ4v) is 3.16. The summed E-state index contributed by atoms with van der Waals surface area (Å²) in [7, 11) is 0. The van der Waals surface area contributed by atoms with Crippen molar-refractivity contribution >= 4 is 5.78 Å². The molecule has 0 heterocycles. The molecule has 1 fully saturated rings. The van der Waals surface area contributed by atoms with Crippen LogP contribution < -0.4 is 0 Å². The summed E-state index contributed by atoms with van der Waals surface area (Å²) in [5, 5.41) is 0. The predicted molar refractivity (Wildman–Crippen MR) is 86.5 cm³/mol. The molecule has 116 valence electrons. The van der Waals surface area contributed by atoms with E-state index >= 15 is 0 Å². The lowest BCUT2D eigenvalue weighted by atomic mass is 9.69. The smallest absolute Gasteiger partial charge is 0.168 e. The average Bonchev–Trinajstić information content (AvgIpc) is 2.44. The first-order valence-corrected chi connectivity index (χ1v) is 8.10. The maximum Gasteiger partial charge on any atom is 0.168 e. The third kappa shape index (κ3) is 3.94. The molecule has 1 aliphatic rings. The third-order valence-corrected chi connectivity index (χ3v) is 4.83. The topological polar surface area (TPSA) is 26.3 Å². The van der Waals surface area contributed by atoms with Gasteiger partial charge in [-0.1, -0.05) is 43.7 Å². The molecule has 0 saturated heterocycles. The maximum atomic E-state index is 12.9. The van der Waals surface area contributed by atoms with E-state index in [2.05, 4.69) is 45.0 Å². The van der Waals surface area contributed by atoms with Crippen molar-refractivity contribution in [3.05, 3.63) is 35.4 Å². The Balaban J connectivity index is 2.11. The summed E-state index contributed by atoms with van der Waals surface area (Å²) in [6.45, 7) is 9.23. The zero-order chi connectivity index (χ0) is 15.5. The van der Waals surface area contributed by atoms with Crippen molar-refractivity contribution in [2.45, 2.75) is 65.4 Å². The van der Waals surface area contributed by atoms with E-state index in [1.54, 1.807) is 0 Å². The molecule has 0 N–H and O–H groups in total. The van der Waals surface area contributed by atoms with Gasteiger partial charge in [-0.25, -0.2) is 0 Å². The van der Waals surface area contributed by atoms with Gasteiger partial charge in [-0.15, -0.1) is 0 Å². The largest absolute Gasteiger partial charge is 0.367 e. The summed E-state index contributed by atoms with van der Waals surface area (Å²) in [6.07, 6.45) is 4.33. The summed E-state index contributed by atoms with van der Waals surface area (Å²) in [5.41, 5.74) is 2.11. The fourth-order valence-electron chi connectivity index (χ4n) is 3.16. The van der Waals surface area contributed by atoms with Crippen LogP contribution in [0.5, 0.6) is 0 Å². The molecule has 1 saturated carbocycles. The van der Waals surface area contributed by atoms with Crippen molar-refractivity contribution in [2.75, 3.05) is 6.61 Å². The Morgan fingerprint density at radius 3 is 2.19 bits per heavy atom. The molecular formula is C19H28O2. The maximum absolute atomic E-state index is 12.9. The van der Waals surface area contributed by atoms with Crippen LogP contribution in [0.15, 0.2) is 24.3 Å². The van der Waals surface area contributed by atoms with Crippen LogP contribution in [-0.4, -0.2) is 18.0 Å². The van der Waals surface area contributed by atoms with Crippen molar-refractivity contribution < 1.29 is 9.53 Å². The van der Waals surface area contributed by atoms with Crippen LogP contribution in [0.25, 0.3) is 0 Å². The molecule has 0 amide bonds. The monoisotopic (exact) mass is 288 g/mol. The number of ether oxygens (including phenoxy) is 1. The minimum Gasteiger partial charge on any atom is -0.367 e. The van der Waals surface area contributed by atoms with Gasteiger partial charge in [-0.05, 0) is 50.5 Å². The molecule has 0 unspecified atom stereocenters. The second-order valence-corrected chi connectivity index (χ2v) is 7.18. The highest BCUT2D eigenvalue weighted by Gasteiger charge is 2.44. The SMILES string of the molecule is CCOC1(C(=O)Cc2ccc(C)cc2)CCC(C)(C)CC1. The summed E-state index contributed by atoms with van der Waals surface area (Å²) in [5.74, 6) is 0.253. The van der Waals surface area contributed by atoms with Crippen molar-refractivity contribution in [2.24, 2.45) is 5.41 Å². The van der Waals surface area contributed by atoms with E-state index in [0.29, 0.717) is 18.4 Å². The van der Waals surface area contributed by atoms with E-state index in [1.807, 2.05) is 6.92 Å². The highest BCUT2D eigenvalue weighted by molar-refractivity contribution is 5.89. The lowest BCUT2D eigenvalue weighted by Gasteiger charge is -2.42. The van der Waals surface area contributed by atoms with Crippen LogP contribution in [0.4, 0.5) is 0 Å². The Morgan fingerprint density at radius 1 is 1.10 bits per heavy atom. The molecule has 0 atom stereocenters. The molecule has 0 bridgehead atoms. The average molecular weight is 288 g/mol. The number of ketones is 1. The van der Waals surface area contributed by atoms with Gasteiger partial charge >= 0.3 is 0 Å². The number of benzene rings is 1. The first-order chi connectivity index (χ1) is 9.87. The number of aryl methyl sites for hydroxylation is 1. The van der Waals surface area contributed by atoms with Gasteiger partial charge in [-0.2, -0.15) is 0 Å². The first-order valence-electron chi connectivity index (χ1n) is 8.10. The summed E-state index contributed by atoms with van der Waals surface area (Å²) < 4.78 is 5.97. The van der Waals surface area contributed by atoms with E-state index in [0.717, 1.165) is 31.2 Å². The molecule has 1 aliphatic carbocycles. The lowest BCUT2D eigenvalue weighted by Crippen LogP contribution is -2.47. The molecule has 0 aromatic heterocycles. The highest BCUT2D eigenvalue weighted by atomic mass is 16.5. The van der Waals surface area contributed by atoms with Gasteiger partial charge in [0.05, 0.1) is 0 Å². The molecule has 1 aromatic rings. The second-order valence-electron chi connectivity index (χ2n) is 7.18. The Kier molecular flexibility index (Phi) is 4.88. The quantitative estimate of drug-likeness (QED) is 0.798. The fraction of sp³-hybridized carbons (Fsp3) is 0.632. The van der Waals surface area contributed by atoms with Gasteiger partial charge in [0.1, 0.15) is 5.60 Å². The van der Waals surface area contributed by atoms with Crippen LogP contribution in [0.3, 0.4) is 0 Å². The van der Waals surface area contributed by atoms with Gasteiger partial charge in [0.25, 0.3) is 0 Å². The van der Waals surface area contributed by atoms with Crippen LogP contribution in [0.1, 0.15) is 57.6 Å². The van der Waals surface area contributed by atoms with Crippen LogP contribution in [0.2, 0.25) is 0 Å². The Labute approximate surface area is 128 Å². The zero-order valence-corrected chi connectivity index (χ0v) is 13.9. The molecule has 0 spiro atoms. The number of hydrogen-bond donors (Lipinski definition) is 0. The van der Waals surface area contributed by atoms with Crippen molar-refractivity contribution in [3.63, 3.8) is 0 Å². The minimum atomic E-state index is -0.546. The molecule has 21 heavy (non-hydrogen) atoms. The minimum absolute atomic E-state index is 0.253. The van der Waals surface area contributed by atoms with Crippen molar-refractivity contribution in [1.29, 1.82) is 0 Å². The van der Waals surface area contributed by atoms with E-state index < -0.39 is 5.60 Å². The molecule has 2 heteroatoms. The van der Waals surface area contributed by atoms with E-state index in [1.165, 1.54) is 5.56 Å². The Bertz CT molecular complexity index is 475. The zero-order valence-electron chi connectivity index (χ0n) is 13.9. The van der Waals surface area contributed by atoms with Gasteiger partial charge in [0.15, 0.2) is 5.78 Å². The molecule has 2 nitrogen and oxygen atoms in total. The molecule has 2 rings (SSSR count). The predicted octanol–water partition coefficient (Wildman–Crippen LogP) is 4.48. The van der Waals surface area contributed by atoms with E-state index in [9.17, 15) is 4.79 Å². The van der Waals surface area contributed by atoms with E-state index in [4.69, 9.17) is 4.74 Å². The molecular weight excluding hydrogens is 260 g/mol. The standard InChI is InChI=1S/C19H28O2/c1-5-21-19(12-10-18(3,4)11-13-19)17(20)14-16-8-6-15(2)7-9-16/h6-9H,5,10-14H2,1-4H3. The number of carbonyl (C=O) groups excluding carboxylic acids is 1. The molecule has 1 aromatic carbocycles. The molecule has 0 aliphatic heterocycles. The molecule has 0 radical (unpaired) electrons. The van der Waals surface area contributed by atoms with Gasteiger partial charge in [0.2, 0.25) is 0 Å². The number of Topliss-reactive ketones (excluding diaryl/α,β-unsaturated/α-hetero) is 1. The van der Waals surface area contributed by atoms with Gasteiger partial charge in [-0.3, -0.25) is 4.79 Å². The Morgan fingerprint density at radius 2 is 1.67 bits per heavy atom. The van der Waals surface area contributed by atoms with Crippen LogP contribution in [0, 0.1) is 12.3 Å². The van der Waals surface area contributed by atoms with Crippen LogP contribution in [-0.2, 0) is 16.0 Å². The van der Waals surface area contributed by atoms with E-state index in [-0.39, 0.29) is 5.78 Å². The van der Waals surface area contributed by atoms with Crippen molar-refractivity contribution in [3.8, 4) is 0 Å². The Hall–Kier alpha value is -1.15. The number of rotatable bonds is 5. The highest BCUT2D eigenvalue weighted by Crippen LogP contribution is 2.42. The van der Waals surface area contributed by atoms with Gasteiger partial charge < -0.3 is 4.74 Å². The van der Waals surface area contributed by atoms with Gasteiger partial charge in [0, 0.05) is 13.0 Å². The van der Waals surface area contributed by atoms with Crippen molar-refractivity contribution in [1.82, 2.24) is 0 Å². The third-order valence-electron chi connectivity index (χ3n) is 4.83. The number of hydrogen-bond acceptors (Lipinski definition) is 2. The lowest BCUT2D eigenvalue weighted by molar-refractivity contribution is -0.151. The second kappa shape index (κ2) is 6.31. The normalized spacial score (nSPS) is 20.2. The van der Waals surface area contributed by atoms with Crippen LogP contribution >= 0.6 is 0 Å². The first kappa shape index (κ1) is 16.2. The summed E-state index contributed by atoms with van der Waals surface area (Å²) in [4.78, 5) is 12.9. The summed E-state index contributed by atoms with van der Waals surface area (Å²) >= 11 is 0.